The van der Waals surface area contributed by atoms with Crippen molar-refractivity contribution in [2.45, 2.75) is 49.5 Å². The van der Waals surface area contributed by atoms with E-state index in [0.717, 1.165) is 25.7 Å². The van der Waals surface area contributed by atoms with E-state index in [0.29, 0.717) is 5.92 Å². The molecular formula is C19H26N4O3S. The van der Waals surface area contributed by atoms with Crippen LogP contribution in [0.5, 0.6) is 0 Å². The number of nitrogens with zero attached hydrogens (tertiary/aromatic N) is 2. The molecule has 0 saturated heterocycles. The Bertz CT molecular complexity index is 766. The van der Waals surface area contributed by atoms with Gasteiger partial charge >= 0.3 is 0 Å². The van der Waals surface area contributed by atoms with Gasteiger partial charge in [-0.05, 0) is 30.9 Å². The molecule has 2 rings (SSSR count). The minimum atomic E-state index is -3.70. The Balaban J connectivity index is 1.94. The lowest BCUT2D eigenvalue weighted by Crippen LogP contribution is -2.42. The summed E-state index contributed by atoms with van der Waals surface area (Å²) in [6.45, 7) is 0.256. The van der Waals surface area contributed by atoms with E-state index in [1.165, 1.54) is 24.8 Å². The van der Waals surface area contributed by atoms with Crippen LogP contribution in [0.2, 0.25) is 0 Å². The molecule has 0 spiro atoms. The number of rotatable bonds is 9. The molecule has 1 aliphatic carbocycles. The summed E-state index contributed by atoms with van der Waals surface area (Å²) in [6, 6.07) is 9.90. The van der Waals surface area contributed by atoms with E-state index < -0.39 is 10.0 Å². The molecule has 1 aromatic rings. The number of amides is 1. The number of carbonyl (C=O) groups excluding carboxylic acids is 1. The van der Waals surface area contributed by atoms with Crippen molar-refractivity contribution < 1.29 is 13.2 Å². The van der Waals surface area contributed by atoms with Crippen LogP contribution in [0.1, 0.15) is 38.5 Å². The Morgan fingerprint density at radius 2 is 1.96 bits per heavy atom. The second-order valence-electron chi connectivity index (χ2n) is 6.63. The average Bonchev–Trinajstić information content (AvgIpc) is 2.70. The molecule has 0 bridgehead atoms. The second kappa shape index (κ2) is 10.8. The third-order valence-corrected chi connectivity index (χ3v) is 6.01. The van der Waals surface area contributed by atoms with Gasteiger partial charge in [0.15, 0.2) is 0 Å². The maximum atomic E-state index is 12.2. The Morgan fingerprint density at radius 3 is 2.63 bits per heavy atom. The third-order valence-electron chi connectivity index (χ3n) is 4.71. The maximum Gasteiger partial charge on any atom is 0.282 e. The molecule has 1 saturated carbocycles. The van der Waals surface area contributed by atoms with Gasteiger partial charge in [-0.15, -0.1) is 0 Å². The van der Waals surface area contributed by atoms with Crippen molar-refractivity contribution >= 4 is 22.1 Å². The van der Waals surface area contributed by atoms with Crippen molar-refractivity contribution in [2.75, 3.05) is 13.1 Å². The summed E-state index contributed by atoms with van der Waals surface area (Å²) in [6.07, 6.45) is 7.18. The minimum absolute atomic E-state index is 0.00695. The Hall–Kier alpha value is -2.24. The summed E-state index contributed by atoms with van der Waals surface area (Å²) in [5.41, 5.74) is 0. The summed E-state index contributed by atoms with van der Waals surface area (Å²) in [4.78, 5) is 12.2. The molecule has 1 aliphatic rings. The van der Waals surface area contributed by atoms with Gasteiger partial charge in [-0.2, -0.15) is 18.1 Å². The number of nitriles is 1. The molecule has 0 aromatic heterocycles. The van der Waals surface area contributed by atoms with Gasteiger partial charge in [-0.3, -0.25) is 4.79 Å². The van der Waals surface area contributed by atoms with E-state index in [9.17, 15) is 13.2 Å². The first-order valence-electron chi connectivity index (χ1n) is 9.24. The number of sulfonamides is 1. The molecule has 1 atom stereocenters. The standard InChI is InChI=1S/C19H26N4O3S/c20-11-12-22-19(24)15-18(16-7-3-1-4-8-16)21-13-14-23-27(25,26)17-9-5-2-6-10-17/h2,5-6,9-10,14,16,18,21H,1,3-4,7-8,12-13,15H2,(H,22,24). The van der Waals surface area contributed by atoms with E-state index in [-0.39, 0.29) is 36.4 Å². The van der Waals surface area contributed by atoms with Gasteiger partial charge in [-0.25, -0.2) is 0 Å². The second-order valence-corrected chi connectivity index (χ2v) is 8.26. The van der Waals surface area contributed by atoms with E-state index >= 15 is 0 Å². The van der Waals surface area contributed by atoms with Crippen LogP contribution in [0.15, 0.2) is 39.6 Å². The lowest BCUT2D eigenvalue weighted by atomic mass is 9.82. The number of hydrogen-bond donors (Lipinski definition) is 2. The number of nitrogens with one attached hydrogen (secondary N) is 2. The maximum absolute atomic E-state index is 12.2. The van der Waals surface area contributed by atoms with E-state index in [2.05, 4.69) is 15.0 Å². The van der Waals surface area contributed by atoms with Crippen molar-refractivity contribution in [3.05, 3.63) is 30.3 Å². The molecule has 27 heavy (non-hydrogen) atoms. The van der Waals surface area contributed by atoms with Crippen LogP contribution in [0.25, 0.3) is 0 Å². The first-order chi connectivity index (χ1) is 13.0. The molecule has 2 N–H and O–H groups in total. The zero-order valence-electron chi connectivity index (χ0n) is 15.3. The quantitative estimate of drug-likeness (QED) is 0.495. The summed E-state index contributed by atoms with van der Waals surface area (Å²) >= 11 is 0. The first-order valence-corrected chi connectivity index (χ1v) is 10.7. The molecule has 8 heteroatoms. The van der Waals surface area contributed by atoms with E-state index in [1.54, 1.807) is 18.2 Å². The van der Waals surface area contributed by atoms with Crippen LogP contribution in [-0.4, -0.2) is 39.7 Å². The highest BCUT2D eigenvalue weighted by Crippen LogP contribution is 2.27. The van der Waals surface area contributed by atoms with Crippen molar-refractivity contribution in [2.24, 2.45) is 10.3 Å². The zero-order chi connectivity index (χ0) is 19.5. The summed E-state index contributed by atoms with van der Waals surface area (Å²) < 4.78 is 28.0. The first kappa shape index (κ1) is 21.1. The predicted octanol–water partition coefficient (Wildman–Crippen LogP) is 2.01. The smallest absolute Gasteiger partial charge is 0.282 e. The van der Waals surface area contributed by atoms with Gasteiger partial charge in [0.25, 0.3) is 10.0 Å². The molecule has 0 aliphatic heterocycles. The average molecular weight is 391 g/mol. The molecule has 1 unspecified atom stereocenters. The van der Waals surface area contributed by atoms with Crippen molar-refractivity contribution in [3.8, 4) is 6.07 Å². The molecule has 7 nitrogen and oxygen atoms in total. The van der Waals surface area contributed by atoms with Gasteiger partial charge in [0.05, 0.1) is 11.0 Å². The van der Waals surface area contributed by atoms with Gasteiger partial charge in [0.1, 0.15) is 6.54 Å². The molecule has 1 fully saturated rings. The normalized spacial score (nSPS) is 16.7. The fraction of sp³-hybridized carbons (Fsp3) is 0.526. The topological polar surface area (TPSA) is 111 Å². The van der Waals surface area contributed by atoms with Crippen LogP contribution in [-0.2, 0) is 14.8 Å². The number of carbonyl (C=O) groups is 1. The molecule has 1 amide bonds. The van der Waals surface area contributed by atoms with Gasteiger partial charge in [0.2, 0.25) is 5.91 Å². The highest BCUT2D eigenvalue weighted by molar-refractivity contribution is 7.90. The molecular weight excluding hydrogens is 364 g/mol. The monoisotopic (exact) mass is 390 g/mol. The summed E-state index contributed by atoms with van der Waals surface area (Å²) in [5, 5.41) is 14.4. The Labute approximate surface area is 160 Å². The fourth-order valence-electron chi connectivity index (χ4n) is 3.34. The van der Waals surface area contributed by atoms with Gasteiger partial charge in [0, 0.05) is 25.2 Å². The Morgan fingerprint density at radius 1 is 1.26 bits per heavy atom. The minimum Gasteiger partial charge on any atom is -0.343 e. The third kappa shape index (κ3) is 7.12. The molecule has 0 heterocycles. The summed E-state index contributed by atoms with van der Waals surface area (Å²) in [7, 11) is -3.70. The predicted molar refractivity (Wildman–Crippen MR) is 104 cm³/mol. The van der Waals surface area contributed by atoms with Crippen molar-refractivity contribution in [1.82, 2.24) is 10.6 Å². The highest BCUT2D eigenvalue weighted by Gasteiger charge is 2.25. The van der Waals surface area contributed by atoms with Crippen molar-refractivity contribution in [1.29, 1.82) is 5.26 Å². The SMILES string of the molecule is N#CCNC(=O)CC(NCC=NS(=O)(=O)c1ccccc1)C1CCCCC1. The molecule has 1 aromatic carbocycles. The summed E-state index contributed by atoms with van der Waals surface area (Å²) in [5.74, 6) is 0.194. The van der Waals surface area contributed by atoms with E-state index in [1.807, 2.05) is 6.07 Å². The Kier molecular flexibility index (Phi) is 8.43. The van der Waals surface area contributed by atoms with Crippen LogP contribution in [0, 0.1) is 17.2 Å². The fourth-order valence-corrected chi connectivity index (χ4v) is 4.24. The largest absolute Gasteiger partial charge is 0.343 e. The van der Waals surface area contributed by atoms with Gasteiger partial charge in [-0.1, -0.05) is 37.5 Å². The van der Waals surface area contributed by atoms with Crippen molar-refractivity contribution in [3.63, 3.8) is 0 Å². The lowest BCUT2D eigenvalue weighted by molar-refractivity contribution is -0.121. The van der Waals surface area contributed by atoms with Crippen LogP contribution in [0.4, 0.5) is 0 Å². The molecule has 146 valence electrons. The lowest BCUT2D eigenvalue weighted by Gasteiger charge is -2.30. The van der Waals surface area contributed by atoms with Crippen LogP contribution >= 0.6 is 0 Å². The zero-order valence-corrected chi connectivity index (χ0v) is 16.1. The number of hydrogen-bond acceptors (Lipinski definition) is 5. The van der Waals surface area contributed by atoms with Gasteiger partial charge < -0.3 is 10.6 Å². The number of benzene rings is 1. The molecule has 0 radical (unpaired) electrons. The van der Waals surface area contributed by atoms with E-state index in [4.69, 9.17) is 5.26 Å². The van der Waals surface area contributed by atoms with Crippen LogP contribution in [0.3, 0.4) is 0 Å². The van der Waals surface area contributed by atoms with Crippen LogP contribution < -0.4 is 10.6 Å². The highest BCUT2D eigenvalue weighted by atomic mass is 32.2.